The fourth-order valence-electron chi connectivity index (χ4n) is 4.22. The smallest absolute Gasteiger partial charge is 0.330 e. The highest BCUT2D eigenvalue weighted by Crippen LogP contribution is 2.44. The van der Waals surface area contributed by atoms with E-state index in [1.54, 1.807) is 24.6 Å². The van der Waals surface area contributed by atoms with E-state index >= 15 is 0 Å². The van der Waals surface area contributed by atoms with Crippen molar-refractivity contribution in [2.24, 2.45) is 11.3 Å². The molecule has 0 aromatic heterocycles. The fraction of sp³-hybridized carbons (Fsp3) is 0.652. The van der Waals surface area contributed by atoms with Crippen LogP contribution in [0.4, 0.5) is 5.69 Å². The number of halogens is 2. The predicted octanol–water partition coefficient (Wildman–Crippen LogP) is 7.37. The molecule has 1 aliphatic carbocycles. The molecule has 1 saturated carbocycles. The number of hydrogen-bond donors (Lipinski definition) is 2. The number of thioether (sulfide) groups is 2. The predicted molar refractivity (Wildman–Crippen MR) is 136 cm³/mol. The zero-order valence-corrected chi connectivity index (χ0v) is 21.9. The van der Waals surface area contributed by atoms with Crippen molar-refractivity contribution in [3.63, 3.8) is 0 Å². The average Bonchev–Trinajstić information content (AvgIpc) is 2.74. The molecule has 0 bridgehead atoms. The first-order valence-corrected chi connectivity index (χ1v) is 13.9. The maximum absolute atomic E-state index is 13.6. The number of aliphatic carboxylic acids is 1. The van der Waals surface area contributed by atoms with Crippen LogP contribution >= 0.6 is 46.7 Å². The number of amides is 1. The van der Waals surface area contributed by atoms with Gasteiger partial charge in [0.15, 0.2) is 4.08 Å². The van der Waals surface area contributed by atoms with E-state index in [2.05, 4.69) is 19.2 Å². The number of carbonyl (C=O) groups is 2. The van der Waals surface area contributed by atoms with Crippen molar-refractivity contribution in [1.29, 1.82) is 0 Å². The number of rotatable bonds is 10. The number of carboxylic acid groups (broad SMARTS) is 1. The van der Waals surface area contributed by atoms with Gasteiger partial charge in [0.05, 0.1) is 10.0 Å². The van der Waals surface area contributed by atoms with Gasteiger partial charge in [-0.15, -0.1) is 23.5 Å². The fourth-order valence-corrected chi connectivity index (χ4v) is 6.18. The number of carboxylic acids is 1. The molecule has 0 saturated heterocycles. The van der Waals surface area contributed by atoms with Crippen LogP contribution in [-0.4, -0.2) is 33.6 Å². The van der Waals surface area contributed by atoms with Crippen LogP contribution in [0.5, 0.6) is 0 Å². The number of carbonyl (C=O) groups excluding carboxylic acids is 1. The van der Waals surface area contributed by atoms with E-state index in [1.807, 2.05) is 0 Å². The minimum Gasteiger partial charge on any atom is -0.480 e. The van der Waals surface area contributed by atoms with Crippen molar-refractivity contribution < 1.29 is 14.7 Å². The molecular formula is C23H33Cl2NO3S2. The summed E-state index contributed by atoms with van der Waals surface area (Å²) >= 11 is 15.1. The third kappa shape index (κ3) is 6.49. The molecule has 8 heteroatoms. The Labute approximate surface area is 204 Å². The molecule has 174 valence electrons. The van der Waals surface area contributed by atoms with E-state index in [1.165, 1.54) is 23.5 Å². The molecule has 0 spiro atoms. The molecule has 0 aliphatic heterocycles. The molecule has 1 aromatic carbocycles. The minimum absolute atomic E-state index is 0.0155. The van der Waals surface area contributed by atoms with Gasteiger partial charge in [-0.3, -0.25) is 4.79 Å². The molecule has 0 heterocycles. The lowest BCUT2D eigenvalue weighted by atomic mass is 9.69. The minimum atomic E-state index is -1.07. The van der Waals surface area contributed by atoms with E-state index in [-0.39, 0.29) is 17.7 Å². The Morgan fingerprint density at radius 2 is 1.71 bits per heavy atom. The van der Waals surface area contributed by atoms with E-state index < -0.39 is 10.0 Å². The van der Waals surface area contributed by atoms with Gasteiger partial charge in [0.25, 0.3) is 0 Å². The van der Waals surface area contributed by atoms with E-state index in [0.29, 0.717) is 27.2 Å². The van der Waals surface area contributed by atoms with E-state index in [0.717, 1.165) is 44.9 Å². The summed E-state index contributed by atoms with van der Waals surface area (Å²) in [5.74, 6) is -0.357. The van der Waals surface area contributed by atoms with Crippen molar-refractivity contribution in [3.8, 4) is 0 Å². The first kappa shape index (κ1) is 26.7. The van der Waals surface area contributed by atoms with Crippen LogP contribution in [0.25, 0.3) is 0 Å². The zero-order chi connectivity index (χ0) is 23.2. The number of anilines is 1. The van der Waals surface area contributed by atoms with Crippen LogP contribution in [0.15, 0.2) is 12.1 Å². The maximum atomic E-state index is 13.6. The number of hydrogen-bond acceptors (Lipinski definition) is 4. The van der Waals surface area contributed by atoms with Gasteiger partial charge in [0.1, 0.15) is 0 Å². The molecule has 1 aliphatic rings. The van der Waals surface area contributed by atoms with Crippen LogP contribution in [0.2, 0.25) is 10.0 Å². The van der Waals surface area contributed by atoms with Gasteiger partial charge in [-0.1, -0.05) is 56.3 Å². The largest absolute Gasteiger partial charge is 0.480 e. The maximum Gasteiger partial charge on any atom is 0.330 e. The number of benzene rings is 1. The van der Waals surface area contributed by atoms with Crippen molar-refractivity contribution >= 4 is 64.3 Å². The Balaban J connectivity index is 2.39. The second-order valence-corrected chi connectivity index (χ2v) is 12.1. The third-order valence-electron chi connectivity index (χ3n) is 6.30. The SMILES string of the molecule is CSC(Cc1cc(Cl)c(Cl)cc1NC(=O)C1(CCC(C)C)CCCCC1)(SC)C(=O)O. The first-order chi connectivity index (χ1) is 14.6. The molecule has 0 unspecified atom stereocenters. The van der Waals surface area contributed by atoms with Crippen molar-refractivity contribution in [2.45, 2.75) is 69.3 Å². The van der Waals surface area contributed by atoms with Crippen LogP contribution in [-0.2, 0) is 16.0 Å². The topological polar surface area (TPSA) is 66.4 Å². The van der Waals surface area contributed by atoms with Gasteiger partial charge in [0.2, 0.25) is 5.91 Å². The van der Waals surface area contributed by atoms with Crippen LogP contribution in [0, 0.1) is 11.3 Å². The van der Waals surface area contributed by atoms with Gasteiger partial charge >= 0.3 is 5.97 Å². The Bertz CT molecular complexity index is 791. The van der Waals surface area contributed by atoms with Crippen molar-refractivity contribution in [3.05, 3.63) is 27.7 Å². The van der Waals surface area contributed by atoms with Crippen molar-refractivity contribution in [1.82, 2.24) is 0 Å². The highest BCUT2D eigenvalue weighted by atomic mass is 35.5. The Hall–Kier alpha value is -0.560. The Morgan fingerprint density at radius 1 is 1.13 bits per heavy atom. The average molecular weight is 507 g/mol. The number of nitrogens with one attached hydrogen (secondary N) is 1. The van der Waals surface area contributed by atoms with Crippen molar-refractivity contribution in [2.75, 3.05) is 17.8 Å². The monoisotopic (exact) mass is 505 g/mol. The molecule has 31 heavy (non-hydrogen) atoms. The Kier molecular flexibility index (Phi) is 9.93. The summed E-state index contributed by atoms with van der Waals surface area (Å²) in [6.07, 6.45) is 10.7. The molecule has 0 atom stereocenters. The standard InChI is InChI=1S/C23H33Cl2NO3S2/c1-15(2)8-11-22(9-6-5-7-10-22)20(27)26-19-13-18(25)17(24)12-16(19)14-23(30-3,31-4)21(28)29/h12-13,15H,5-11,14H2,1-4H3,(H,26,27)(H,28,29). The molecule has 1 amide bonds. The van der Waals surface area contributed by atoms with Gasteiger partial charge in [-0.25, -0.2) is 4.79 Å². The first-order valence-electron chi connectivity index (χ1n) is 10.7. The Morgan fingerprint density at radius 3 is 2.23 bits per heavy atom. The summed E-state index contributed by atoms with van der Waals surface area (Å²) in [6.45, 7) is 4.36. The van der Waals surface area contributed by atoms with E-state index in [4.69, 9.17) is 23.2 Å². The van der Waals surface area contributed by atoms with Gasteiger partial charge in [0, 0.05) is 17.5 Å². The van der Waals surface area contributed by atoms with Crippen LogP contribution < -0.4 is 5.32 Å². The lowest BCUT2D eigenvalue weighted by Crippen LogP contribution is -2.39. The second-order valence-electron chi connectivity index (χ2n) is 8.79. The third-order valence-corrected chi connectivity index (χ3v) is 9.97. The molecule has 1 aromatic rings. The molecule has 1 fully saturated rings. The lowest BCUT2D eigenvalue weighted by Gasteiger charge is -2.37. The zero-order valence-electron chi connectivity index (χ0n) is 18.7. The normalized spacial score (nSPS) is 16.4. The van der Waals surface area contributed by atoms with Gasteiger partial charge in [-0.2, -0.15) is 0 Å². The van der Waals surface area contributed by atoms with Crippen LogP contribution in [0.3, 0.4) is 0 Å². The van der Waals surface area contributed by atoms with Gasteiger partial charge < -0.3 is 10.4 Å². The van der Waals surface area contributed by atoms with Crippen LogP contribution in [0.1, 0.15) is 64.4 Å². The summed E-state index contributed by atoms with van der Waals surface area (Å²) in [6, 6.07) is 3.34. The molecule has 4 nitrogen and oxygen atoms in total. The second kappa shape index (κ2) is 11.5. The highest BCUT2D eigenvalue weighted by Gasteiger charge is 2.41. The molecule has 2 rings (SSSR count). The lowest BCUT2D eigenvalue weighted by molar-refractivity contribution is -0.137. The summed E-state index contributed by atoms with van der Waals surface area (Å²) in [7, 11) is 0. The van der Waals surface area contributed by atoms with E-state index in [9.17, 15) is 14.7 Å². The molecule has 2 N–H and O–H groups in total. The quantitative estimate of drug-likeness (QED) is 0.325. The summed E-state index contributed by atoms with van der Waals surface area (Å²) in [4.78, 5) is 25.6. The summed E-state index contributed by atoms with van der Waals surface area (Å²) < 4.78 is -1.07. The highest BCUT2D eigenvalue weighted by molar-refractivity contribution is 8.18. The summed E-state index contributed by atoms with van der Waals surface area (Å²) in [5, 5.41) is 13.7. The summed E-state index contributed by atoms with van der Waals surface area (Å²) in [5.41, 5.74) is 0.862. The molecular weight excluding hydrogens is 473 g/mol. The molecule has 0 radical (unpaired) electrons. The van der Waals surface area contributed by atoms with Gasteiger partial charge in [-0.05, 0) is 61.8 Å².